The van der Waals surface area contributed by atoms with Crippen LogP contribution in [0.1, 0.15) is 29.5 Å². The molecule has 0 aliphatic heterocycles. The van der Waals surface area contributed by atoms with Crippen LogP contribution in [0.25, 0.3) is 11.0 Å². The zero-order chi connectivity index (χ0) is 18.0. The molecule has 4 nitrogen and oxygen atoms in total. The molecule has 6 heteroatoms. The van der Waals surface area contributed by atoms with Crippen LogP contribution in [0.3, 0.4) is 0 Å². The van der Waals surface area contributed by atoms with Gasteiger partial charge in [0.1, 0.15) is 11.6 Å². The van der Waals surface area contributed by atoms with E-state index in [0.717, 1.165) is 33.4 Å². The van der Waals surface area contributed by atoms with Gasteiger partial charge >= 0.3 is 0 Å². The lowest BCUT2D eigenvalue weighted by Crippen LogP contribution is -2.27. The first-order chi connectivity index (χ1) is 12.0. The highest BCUT2D eigenvalue weighted by Crippen LogP contribution is 2.20. The Bertz CT molecular complexity index is 922. The van der Waals surface area contributed by atoms with Crippen molar-refractivity contribution in [1.82, 2.24) is 14.5 Å². The third kappa shape index (κ3) is 3.84. The van der Waals surface area contributed by atoms with Gasteiger partial charge in [-0.1, -0.05) is 13.0 Å². The van der Waals surface area contributed by atoms with Crippen LogP contribution in [0, 0.1) is 9.39 Å². The molecule has 0 aliphatic carbocycles. The molecule has 0 saturated carbocycles. The largest absolute Gasteiger partial charge is 0.334 e. The summed E-state index contributed by atoms with van der Waals surface area (Å²) >= 11 is 2.19. The van der Waals surface area contributed by atoms with Crippen molar-refractivity contribution in [2.24, 2.45) is 0 Å². The summed E-state index contributed by atoms with van der Waals surface area (Å²) < 4.78 is 16.6. The summed E-state index contributed by atoms with van der Waals surface area (Å²) in [6.45, 7) is 3.18. The first kappa shape index (κ1) is 17.8. The number of benzene rings is 2. The summed E-state index contributed by atoms with van der Waals surface area (Å²) in [7, 11) is 1.76. The van der Waals surface area contributed by atoms with Gasteiger partial charge in [0.05, 0.1) is 17.6 Å². The lowest BCUT2D eigenvalue weighted by atomic mass is 10.2. The number of aryl methyl sites for hydroxylation is 1. The van der Waals surface area contributed by atoms with Gasteiger partial charge in [0.15, 0.2) is 0 Å². The summed E-state index contributed by atoms with van der Waals surface area (Å²) in [5.74, 6) is 0.434. The second kappa shape index (κ2) is 7.51. The minimum atomic E-state index is -0.278. The molecule has 0 radical (unpaired) electrons. The second-order valence-electron chi connectivity index (χ2n) is 5.98. The van der Waals surface area contributed by atoms with Gasteiger partial charge in [-0.2, -0.15) is 0 Å². The Labute approximate surface area is 159 Å². The number of carbonyl (C=O) groups is 1. The highest BCUT2D eigenvalue weighted by atomic mass is 127. The summed E-state index contributed by atoms with van der Waals surface area (Å²) in [5.41, 5.74) is 2.17. The molecule has 0 atom stereocenters. The molecule has 130 valence electrons. The first-order valence-electron chi connectivity index (χ1n) is 8.15. The van der Waals surface area contributed by atoms with Gasteiger partial charge in [-0.25, -0.2) is 9.37 Å². The fraction of sp³-hybridized carbons (Fsp3) is 0.263. The van der Waals surface area contributed by atoms with Crippen LogP contribution >= 0.6 is 22.6 Å². The maximum Gasteiger partial charge on any atom is 0.254 e. The fourth-order valence-corrected chi connectivity index (χ4v) is 3.41. The first-order valence-corrected chi connectivity index (χ1v) is 9.23. The van der Waals surface area contributed by atoms with E-state index >= 15 is 0 Å². The SMILES string of the molecule is CCCn1c(CN(C)C(=O)c2cccc(I)c2)nc2ccc(F)cc21. The lowest BCUT2D eigenvalue weighted by Gasteiger charge is -2.18. The number of hydrogen-bond acceptors (Lipinski definition) is 2. The van der Waals surface area contributed by atoms with Crippen LogP contribution in [0.5, 0.6) is 0 Å². The quantitative estimate of drug-likeness (QED) is 0.538. The molecular formula is C19H19FIN3O. The van der Waals surface area contributed by atoms with Crippen molar-refractivity contribution < 1.29 is 9.18 Å². The monoisotopic (exact) mass is 451 g/mol. The fourth-order valence-electron chi connectivity index (χ4n) is 2.87. The molecule has 0 bridgehead atoms. The average Bonchev–Trinajstić information content (AvgIpc) is 2.91. The van der Waals surface area contributed by atoms with Gasteiger partial charge in [0.2, 0.25) is 0 Å². The topological polar surface area (TPSA) is 38.1 Å². The Morgan fingerprint density at radius 1 is 1.28 bits per heavy atom. The van der Waals surface area contributed by atoms with Crippen molar-refractivity contribution in [2.45, 2.75) is 26.4 Å². The smallest absolute Gasteiger partial charge is 0.254 e. The van der Waals surface area contributed by atoms with E-state index in [1.54, 1.807) is 18.0 Å². The summed E-state index contributed by atoms with van der Waals surface area (Å²) in [6.07, 6.45) is 0.906. The summed E-state index contributed by atoms with van der Waals surface area (Å²) in [4.78, 5) is 18.9. The van der Waals surface area contributed by atoms with Gasteiger partial charge in [-0.3, -0.25) is 4.79 Å². The average molecular weight is 451 g/mol. The number of rotatable bonds is 5. The van der Waals surface area contributed by atoms with Gasteiger partial charge < -0.3 is 9.47 Å². The summed E-state index contributed by atoms with van der Waals surface area (Å²) in [6, 6.07) is 12.1. The third-order valence-electron chi connectivity index (χ3n) is 4.03. The molecule has 1 aromatic heterocycles. The number of imidazole rings is 1. The van der Waals surface area contributed by atoms with E-state index in [0.29, 0.717) is 12.1 Å². The van der Waals surface area contributed by atoms with Crippen LogP contribution < -0.4 is 0 Å². The van der Waals surface area contributed by atoms with Crippen LogP contribution in [-0.2, 0) is 13.1 Å². The Morgan fingerprint density at radius 2 is 2.08 bits per heavy atom. The van der Waals surface area contributed by atoms with E-state index < -0.39 is 0 Å². The van der Waals surface area contributed by atoms with Gasteiger partial charge in [0, 0.05) is 22.7 Å². The van der Waals surface area contributed by atoms with Crippen molar-refractivity contribution in [2.75, 3.05) is 7.05 Å². The van der Waals surface area contributed by atoms with Gasteiger partial charge in [0.25, 0.3) is 5.91 Å². The maximum absolute atomic E-state index is 13.6. The number of aromatic nitrogens is 2. The molecule has 1 amide bonds. The molecule has 2 aromatic carbocycles. The maximum atomic E-state index is 13.6. The molecule has 0 N–H and O–H groups in total. The normalized spacial score (nSPS) is 11.0. The minimum absolute atomic E-state index is 0.0557. The van der Waals surface area contributed by atoms with Crippen molar-refractivity contribution in [3.63, 3.8) is 0 Å². The molecule has 3 aromatic rings. The highest BCUT2D eigenvalue weighted by Gasteiger charge is 2.17. The van der Waals surface area contributed by atoms with Crippen LogP contribution in [0.15, 0.2) is 42.5 Å². The zero-order valence-corrected chi connectivity index (χ0v) is 16.3. The highest BCUT2D eigenvalue weighted by molar-refractivity contribution is 14.1. The van der Waals surface area contributed by atoms with Crippen LogP contribution in [0.2, 0.25) is 0 Å². The van der Waals surface area contributed by atoms with Crippen molar-refractivity contribution in [1.29, 1.82) is 0 Å². The van der Waals surface area contributed by atoms with E-state index in [2.05, 4.69) is 34.5 Å². The number of nitrogens with zero attached hydrogens (tertiary/aromatic N) is 3. The van der Waals surface area contributed by atoms with E-state index in [1.807, 2.05) is 28.8 Å². The molecule has 3 rings (SSSR count). The standard InChI is InChI=1S/C19H19FIN3O/c1-3-9-24-17-11-14(20)7-8-16(17)22-18(24)12-23(2)19(25)13-5-4-6-15(21)10-13/h4-8,10-11H,3,9,12H2,1-2H3. The second-order valence-corrected chi connectivity index (χ2v) is 7.23. The van der Waals surface area contributed by atoms with Gasteiger partial charge in [-0.05, 0) is 65.4 Å². The molecule has 0 unspecified atom stereocenters. The molecule has 0 spiro atoms. The number of hydrogen-bond donors (Lipinski definition) is 0. The van der Waals surface area contributed by atoms with E-state index in [-0.39, 0.29) is 11.7 Å². The number of fused-ring (bicyclic) bond motifs is 1. The number of halogens is 2. The molecule has 25 heavy (non-hydrogen) atoms. The predicted octanol–water partition coefficient (Wildman–Crippen LogP) is 4.46. The van der Waals surface area contributed by atoms with Crippen LogP contribution in [-0.4, -0.2) is 27.4 Å². The van der Waals surface area contributed by atoms with Crippen molar-refractivity contribution >= 4 is 39.5 Å². The predicted molar refractivity (Wildman–Crippen MR) is 105 cm³/mol. The van der Waals surface area contributed by atoms with E-state index in [1.165, 1.54) is 12.1 Å². The molecule has 0 saturated heterocycles. The number of amides is 1. The van der Waals surface area contributed by atoms with E-state index in [4.69, 9.17) is 0 Å². The van der Waals surface area contributed by atoms with Crippen LogP contribution in [0.4, 0.5) is 4.39 Å². The van der Waals surface area contributed by atoms with E-state index in [9.17, 15) is 9.18 Å². The Hall–Kier alpha value is -1.96. The van der Waals surface area contributed by atoms with Crippen molar-refractivity contribution in [3.8, 4) is 0 Å². The summed E-state index contributed by atoms with van der Waals surface area (Å²) in [5, 5.41) is 0. The molecule has 1 heterocycles. The molecule has 0 fully saturated rings. The minimum Gasteiger partial charge on any atom is -0.334 e. The number of carbonyl (C=O) groups excluding carboxylic acids is 1. The molecular weight excluding hydrogens is 432 g/mol. The lowest BCUT2D eigenvalue weighted by molar-refractivity contribution is 0.0780. The Balaban J connectivity index is 1.91. The molecule has 0 aliphatic rings. The van der Waals surface area contributed by atoms with Crippen molar-refractivity contribution in [3.05, 3.63) is 63.2 Å². The third-order valence-corrected chi connectivity index (χ3v) is 4.70. The zero-order valence-electron chi connectivity index (χ0n) is 14.2. The Morgan fingerprint density at radius 3 is 2.80 bits per heavy atom. The van der Waals surface area contributed by atoms with Gasteiger partial charge in [-0.15, -0.1) is 0 Å². The Kier molecular flexibility index (Phi) is 5.36.